The zero-order valence-corrected chi connectivity index (χ0v) is 20.8. The third-order valence-corrected chi connectivity index (χ3v) is 5.78. The molecule has 0 saturated heterocycles. The summed E-state index contributed by atoms with van der Waals surface area (Å²) < 4.78 is 5.80. The van der Waals surface area contributed by atoms with Gasteiger partial charge in [-0.25, -0.2) is 0 Å². The van der Waals surface area contributed by atoms with E-state index in [1.54, 1.807) is 0 Å². The van der Waals surface area contributed by atoms with Crippen LogP contribution < -0.4 is 0 Å². The quantitative estimate of drug-likeness (QED) is 0.0834. The monoisotopic (exact) mass is 434 g/mol. The van der Waals surface area contributed by atoms with Gasteiger partial charge in [-0.15, -0.1) is 13.2 Å². The van der Waals surface area contributed by atoms with E-state index in [1.807, 2.05) is 0 Å². The van der Waals surface area contributed by atoms with Gasteiger partial charge in [0, 0.05) is 13.2 Å². The fraction of sp³-hybridized carbons (Fsp3) is 0.929. The molecule has 0 aliphatic carbocycles. The van der Waals surface area contributed by atoms with Crippen LogP contribution in [0.15, 0.2) is 13.2 Å². The average Bonchev–Trinajstić information content (AvgIpc) is 2.75. The normalized spacial score (nSPS) is 10.3. The molecule has 0 aliphatic heterocycles. The van der Waals surface area contributed by atoms with E-state index in [4.69, 9.17) is 4.74 Å². The van der Waals surface area contributed by atoms with Gasteiger partial charge in [0.15, 0.2) is 0 Å². The average molecular weight is 435 g/mol. The minimum absolute atomic E-state index is 0. The summed E-state index contributed by atoms with van der Waals surface area (Å²) in [6, 6.07) is 0. The molecule has 0 N–H and O–H groups in total. The Hall–Kier alpha value is 0.700. The predicted octanol–water partition coefficient (Wildman–Crippen LogP) is 9.78. The third kappa shape index (κ3) is 36.1. The van der Waals surface area contributed by atoms with Crippen LogP contribution in [0.4, 0.5) is 0 Å². The van der Waals surface area contributed by atoms with Crippen molar-refractivity contribution in [1.82, 2.24) is 0 Å². The van der Waals surface area contributed by atoms with Gasteiger partial charge in [-0.3, -0.25) is 0 Å². The van der Waals surface area contributed by atoms with Crippen LogP contribution in [-0.2, 0) is 4.74 Å². The van der Waals surface area contributed by atoms with Crippen molar-refractivity contribution < 1.29 is 4.74 Å². The van der Waals surface area contributed by atoms with Crippen LogP contribution in [0.25, 0.3) is 0 Å². The van der Waals surface area contributed by atoms with Gasteiger partial charge in [0.2, 0.25) is 0 Å². The Morgan fingerprint density at radius 2 is 0.567 bits per heavy atom. The van der Waals surface area contributed by atoms with Crippen molar-refractivity contribution >= 4 is 29.6 Å². The number of unbranched alkanes of at least 4 members (excludes halogenated alkanes) is 20. The molecule has 0 bridgehead atoms. The van der Waals surface area contributed by atoms with Crippen molar-refractivity contribution in [2.75, 3.05) is 13.2 Å². The van der Waals surface area contributed by atoms with E-state index < -0.39 is 0 Å². The number of hydrogen-bond donors (Lipinski definition) is 0. The summed E-state index contributed by atoms with van der Waals surface area (Å²) >= 11 is 0. The van der Waals surface area contributed by atoms with Gasteiger partial charge in [0.05, 0.1) is 0 Å². The van der Waals surface area contributed by atoms with E-state index in [-0.39, 0.29) is 29.6 Å². The molecule has 0 aliphatic rings. The Kier molecular flexibility index (Phi) is 43.6. The van der Waals surface area contributed by atoms with E-state index in [0.29, 0.717) is 0 Å². The maximum absolute atomic E-state index is 5.80. The van der Waals surface area contributed by atoms with Crippen molar-refractivity contribution in [1.29, 1.82) is 0 Å². The molecule has 0 aromatic heterocycles. The Morgan fingerprint density at radius 1 is 0.367 bits per heavy atom. The van der Waals surface area contributed by atoms with Crippen LogP contribution in [0, 0.1) is 0 Å². The second kappa shape index (κ2) is 37.0. The molecule has 1 nitrogen and oxygen atoms in total. The molecule has 0 unspecified atom stereocenters. The molecule has 0 amide bonds. The standard InChI is InChI=1S/C26H54O.C2H4.Na.H/c1-3-5-7-9-11-13-15-17-19-21-23-25-27-26-24-22-20-18-16-14-12-10-8-6-4-2;1-2;;/h3-26H2,1-2H3;1-2H2;;. The van der Waals surface area contributed by atoms with Gasteiger partial charge in [-0.1, -0.05) is 142 Å². The van der Waals surface area contributed by atoms with Gasteiger partial charge in [-0.05, 0) is 12.8 Å². The first-order valence-electron chi connectivity index (χ1n) is 13.5. The molecule has 0 rings (SSSR count). The SMILES string of the molecule is C=C.CCCCCCCCCCCCCOCCCCCCCCCCCCC.[NaH]. The van der Waals surface area contributed by atoms with Gasteiger partial charge in [0.1, 0.15) is 0 Å². The van der Waals surface area contributed by atoms with Crippen molar-refractivity contribution in [2.45, 2.75) is 155 Å². The fourth-order valence-electron chi connectivity index (χ4n) is 3.84. The summed E-state index contributed by atoms with van der Waals surface area (Å²) in [5.74, 6) is 0. The first kappa shape index (κ1) is 35.3. The van der Waals surface area contributed by atoms with Crippen molar-refractivity contribution in [3.63, 3.8) is 0 Å². The van der Waals surface area contributed by atoms with E-state index in [2.05, 4.69) is 27.0 Å². The van der Waals surface area contributed by atoms with Gasteiger partial charge < -0.3 is 4.74 Å². The molecule has 2 heteroatoms. The topological polar surface area (TPSA) is 9.23 Å². The predicted molar refractivity (Wildman–Crippen MR) is 142 cm³/mol. The molecule has 0 heterocycles. The molecule has 0 aromatic carbocycles. The third-order valence-electron chi connectivity index (χ3n) is 5.78. The Bertz CT molecular complexity index is 233. The van der Waals surface area contributed by atoms with Gasteiger partial charge >= 0.3 is 29.6 Å². The molecular weight excluding hydrogens is 375 g/mol. The van der Waals surface area contributed by atoms with E-state index in [1.165, 1.54) is 141 Å². The van der Waals surface area contributed by atoms with Crippen LogP contribution in [0.2, 0.25) is 0 Å². The van der Waals surface area contributed by atoms with E-state index in [0.717, 1.165) is 13.2 Å². The Balaban J connectivity index is -0.00000235. The number of hydrogen-bond acceptors (Lipinski definition) is 1. The molecular formula is C28H59NaO. The fourth-order valence-corrected chi connectivity index (χ4v) is 3.84. The molecule has 0 atom stereocenters. The first-order valence-corrected chi connectivity index (χ1v) is 13.5. The Labute approximate surface area is 214 Å². The van der Waals surface area contributed by atoms with Crippen molar-refractivity contribution in [3.05, 3.63) is 13.2 Å². The second-order valence-corrected chi connectivity index (χ2v) is 8.68. The second-order valence-electron chi connectivity index (χ2n) is 8.68. The first-order chi connectivity index (χ1) is 14.4. The summed E-state index contributed by atoms with van der Waals surface area (Å²) in [4.78, 5) is 0. The molecule has 178 valence electrons. The number of rotatable bonds is 24. The van der Waals surface area contributed by atoms with Crippen LogP contribution in [-0.4, -0.2) is 42.8 Å². The van der Waals surface area contributed by atoms with Gasteiger partial charge in [-0.2, -0.15) is 0 Å². The summed E-state index contributed by atoms with van der Waals surface area (Å²) in [5.41, 5.74) is 0. The zero-order valence-electron chi connectivity index (χ0n) is 20.8. The summed E-state index contributed by atoms with van der Waals surface area (Å²) in [7, 11) is 0. The molecule has 0 aromatic rings. The zero-order chi connectivity index (χ0) is 21.7. The maximum atomic E-state index is 5.80. The molecule has 0 fully saturated rings. The Morgan fingerprint density at radius 3 is 0.800 bits per heavy atom. The van der Waals surface area contributed by atoms with E-state index in [9.17, 15) is 0 Å². The van der Waals surface area contributed by atoms with Gasteiger partial charge in [0.25, 0.3) is 0 Å². The van der Waals surface area contributed by atoms with Crippen molar-refractivity contribution in [2.24, 2.45) is 0 Å². The summed E-state index contributed by atoms with van der Waals surface area (Å²) in [6.45, 7) is 12.6. The van der Waals surface area contributed by atoms with Crippen LogP contribution in [0.1, 0.15) is 155 Å². The minimum atomic E-state index is 0. The summed E-state index contributed by atoms with van der Waals surface area (Å²) in [5, 5.41) is 0. The molecule has 0 spiro atoms. The molecule has 0 saturated carbocycles. The summed E-state index contributed by atoms with van der Waals surface area (Å²) in [6.07, 6.45) is 31.1. The molecule has 0 radical (unpaired) electrons. The number of ether oxygens (including phenoxy) is 1. The van der Waals surface area contributed by atoms with E-state index >= 15 is 0 Å². The van der Waals surface area contributed by atoms with Crippen LogP contribution in [0.5, 0.6) is 0 Å². The van der Waals surface area contributed by atoms with Crippen LogP contribution in [0.3, 0.4) is 0 Å². The molecule has 30 heavy (non-hydrogen) atoms. The van der Waals surface area contributed by atoms with Crippen molar-refractivity contribution in [3.8, 4) is 0 Å². The van der Waals surface area contributed by atoms with Crippen LogP contribution >= 0.6 is 0 Å².